The van der Waals surface area contributed by atoms with Crippen LogP contribution in [0, 0.1) is 5.41 Å². The number of guanidine groups is 1. The molecule has 0 heterocycles. The first kappa shape index (κ1) is 21.5. The van der Waals surface area contributed by atoms with Crippen molar-refractivity contribution in [2.45, 2.75) is 39.2 Å². The highest BCUT2D eigenvalue weighted by atomic mass is 16.5. The summed E-state index contributed by atoms with van der Waals surface area (Å²) in [5.41, 5.74) is 1.49. The molecule has 0 saturated heterocycles. The first-order chi connectivity index (χ1) is 13.2. The van der Waals surface area contributed by atoms with Gasteiger partial charge in [-0.3, -0.25) is 0 Å². The Balaban J connectivity index is 1.89. The van der Waals surface area contributed by atoms with E-state index in [1.165, 1.54) is 19.3 Å². The number of rotatable bonds is 12. The van der Waals surface area contributed by atoms with Gasteiger partial charge in [-0.1, -0.05) is 18.6 Å². The zero-order valence-corrected chi connectivity index (χ0v) is 17.1. The summed E-state index contributed by atoms with van der Waals surface area (Å²) in [5, 5.41) is 6.88. The minimum absolute atomic E-state index is 0.362. The summed E-state index contributed by atoms with van der Waals surface area (Å²) in [6.45, 7) is 6.46. The third-order valence-electron chi connectivity index (χ3n) is 5.10. The Morgan fingerprint density at radius 3 is 2.59 bits per heavy atom. The van der Waals surface area contributed by atoms with E-state index in [4.69, 9.17) is 19.2 Å². The summed E-state index contributed by atoms with van der Waals surface area (Å²) >= 11 is 0. The normalized spacial score (nSPS) is 15.9. The van der Waals surface area contributed by atoms with Crippen LogP contribution in [0.2, 0.25) is 0 Å². The second-order valence-corrected chi connectivity index (χ2v) is 7.13. The standard InChI is InChI=1S/C21H35N3O3/c1-4-22-20(24-17-21(9-6-10-21)11-12-25-2)23-16-18-7-5-8-19(15-18)27-14-13-26-3/h5,7-8,15H,4,6,9-14,16-17H2,1-3H3,(H2,22,23,24). The number of hydrogen-bond acceptors (Lipinski definition) is 4. The zero-order chi connectivity index (χ0) is 19.4. The lowest BCUT2D eigenvalue weighted by atomic mass is 9.67. The van der Waals surface area contributed by atoms with Crippen molar-refractivity contribution in [3.05, 3.63) is 29.8 Å². The van der Waals surface area contributed by atoms with Crippen LogP contribution in [-0.4, -0.2) is 53.1 Å². The highest BCUT2D eigenvalue weighted by Gasteiger charge is 2.36. The van der Waals surface area contributed by atoms with Gasteiger partial charge < -0.3 is 24.8 Å². The Bertz CT molecular complexity index is 574. The zero-order valence-electron chi connectivity index (χ0n) is 17.1. The van der Waals surface area contributed by atoms with Crippen LogP contribution in [0.15, 0.2) is 29.3 Å². The molecule has 1 aliphatic rings. The first-order valence-electron chi connectivity index (χ1n) is 9.93. The Morgan fingerprint density at radius 1 is 1.11 bits per heavy atom. The van der Waals surface area contributed by atoms with E-state index in [0.29, 0.717) is 25.2 Å². The van der Waals surface area contributed by atoms with Gasteiger partial charge in [0.2, 0.25) is 0 Å². The molecule has 27 heavy (non-hydrogen) atoms. The third kappa shape index (κ3) is 7.39. The van der Waals surface area contributed by atoms with Crippen molar-refractivity contribution in [3.63, 3.8) is 0 Å². The van der Waals surface area contributed by atoms with Gasteiger partial charge in [0.15, 0.2) is 5.96 Å². The van der Waals surface area contributed by atoms with Crippen molar-refractivity contribution in [2.24, 2.45) is 10.4 Å². The molecular formula is C21H35N3O3. The van der Waals surface area contributed by atoms with Crippen molar-refractivity contribution in [1.82, 2.24) is 10.6 Å². The Morgan fingerprint density at radius 2 is 1.93 bits per heavy atom. The summed E-state index contributed by atoms with van der Waals surface area (Å²) in [6, 6.07) is 8.07. The van der Waals surface area contributed by atoms with Gasteiger partial charge in [0.05, 0.1) is 13.2 Å². The fourth-order valence-electron chi connectivity index (χ4n) is 3.27. The monoisotopic (exact) mass is 377 g/mol. The fraction of sp³-hybridized carbons (Fsp3) is 0.667. The number of methoxy groups -OCH3 is 2. The molecule has 0 spiro atoms. The van der Waals surface area contributed by atoms with Crippen molar-refractivity contribution in [1.29, 1.82) is 0 Å². The van der Waals surface area contributed by atoms with Crippen molar-refractivity contribution < 1.29 is 14.2 Å². The van der Waals surface area contributed by atoms with Crippen LogP contribution in [0.4, 0.5) is 0 Å². The Hall–Kier alpha value is -1.79. The predicted octanol–water partition coefficient (Wildman–Crippen LogP) is 2.97. The lowest BCUT2D eigenvalue weighted by Crippen LogP contribution is -2.46. The molecular weight excluding hydrogens is 342 g/mol. The number of hydrogen-bond donors (Lipinski definition) is 2. The lowest BCUT2D eigenvalue weighted by Gasteiger charge is -2.42. The molecule has 6 nitrogen and oxygen atoms in total. The molecule has 0 amide bonds. The van der Waals surface area contributed by atoms with Crippen LogP contribution in [0.1, 0.15) is 38.2 Å². The minimum atomic E-state index is 0.362. The van der Waals surface area contributed by atoms with Gasteiger partial charge in [0.25, 0.3) is 0 Å². The van der Waals surface area contributed by atoms with E-state index >= 15 is 0 Å². The number of nitrogens with one attached hydrogen (secondary N) is 2. The smallest absolute Gasteiger partial charge is 0.191 e. The van der Waals surface area contributed by atoms with Gasteiger partial charge in [-0.25, -0.2) is 4.99 Å². The maximum Gasteiger partial charge on any atom is 0.191 e. The van der Waals surface area contributed by atoms with E-state index < -0.39 is 0 Å². The quantitative estimate of drug-likeness (QED) is 0.333. The summed E-state index contributed by atoms with van der Waals surface area (Å²) in [6.07, 6.45) is 4.96. The van der Waals surface area contributed by atoms with Crippen LogP contribution in [-0.2, 0) is 16.0 Å². The van der Waals surface area contributed by atoms with E-state index in [2.05, 4.69) is 23.6 Å². The second-order valence-electron chi connectivity index (χ2n) is 7.13. The van der Waals surface area contributed by atoms with Gasteiger partial charge in [-0.15, -0.1) is 0 Å². The molecule has 1 aromatic rings. The predicted molar refractivity (Wildman–Crippen MR) is 109 cm³/mol. The highest BCUT2D eigenvalue weighted by Crippen LogP contribution is 2.43. The first-order valence-corrected chi connectivity index (χ1v) is 9.93. The second kappa shape index (κ2) is 11.8. The molecule has 0 radical (unpaired) electrons. The minimum Gasteiger partial charge on any atom is -0.491 e. The Kier molecular flexibility index (Phi) is 9.42. The molecule has 0 atom stereocenters. The number of aliphatic imine (C=N–C) groups is 1. The largest absolute Gasteiger partial charge is 0.491 e. The topological polar surface area (TPSA) is 64.1 Å². The van der Waals surface area contributed by atoms with Crippen molar-refractivity contribution in [3.8, 4) is 5.75 Å². The van der Waals surface area contributed by atoms with Gasteiger partial charge >= 0.3 is 0 Å². The molecule has 2 rings (SSSR count). The molecule has 0 unspecified atom stereocenters. The summed E-state index contributed by atoms with van der Waals surface area (Å²) in [7, 11) is 3.45. The van der Waals surface area contributed by atoms with E-state index in [9.17, 15) is 0 Å². The molecule has 1 aromatic carbocycles. The molecule has 0 bridgehead atoms. The van der Waals surface area contributed by atoms with Gasteiger partial charge in [-0.05, 0) is 49.3 Å². The van der Waals surface area contributed by atoms with E-state index in [0.717, 1.165) is 43.4 Å². The molecule has 6 heteroatoms. The van der Waals surface area contributed by atoms with Crippen molar-refractivity contribution in [2.75, 3.05) is 47.1 Å². The number of ether oxygens (including phenoxy) is 3. The van der Waals surface area contributed by atoms with Crippen LogP contribution >= 0.6 is 0 Å². The summed E-state index contributed by atoms with van der Waals surface area (Å²) < 4.78 is 16.0. The van der Waals surface area contributed by atoms with Crippen LogP contribution in [0.25, 0.3) is 0 Å². The van der Waals surface area contributed by atoms with Crippen LogP contribution in [0.5, 0.6) is 5.75 Å². The molecule has 0 aromatic heterocycles. The lowest BCUT2D eigenvalue weighted by molar-refractivity contribution is 0.0732. The summed E-state index contributed by atoms with van der Waals surface area (Å²) in [5.74, 6) is 1.72. The highest BCUT2D eigenvalue weighted by molar-refractivity contribution is 5.79. The van der Waals surface area contributed by atoms with Gasteiger partial charge in [-0.2, -0.15) is 0 Å². The van der Waals surface area contributed by atoms with E-state index in [1.54, 1.807) is 14.2 Å². The third-order valence-corrected chi connectivity index (χ3v) is 5.10. The maximum absolute atomic E-state index is 5.68. The fourth-order valence-corrected chi connectivity index (χ4v) is 3.27. The molecule has 152 valence electrons. The number of benzene rings is 1. The average molecular weight is 378 g/mol. The van der Waals surface area contributed by atoms with E-state index in [-0.39, 0.29) is 0 Å². The number of nitrogens with zero attached hydrogens (tertiary/aromatic N) is 1. The molecule has 1 fully saturated rings. The van der Waals surface area contributed by atoms with E-state index in [1.807, 2.05) is 18.2 Å². The molecule has 1 aliphatic carbocycles. The SMILES string of the molecule is CCNC(=NCc1cccc(OCCOC)c1)NCC1(CCOC)CCC1. The van der Waals surface area contributed by atoms with Crippen LogP contribution < -0.4 is 15.4 Å². The molecule has 0 aliphatic heterocycles. The van der Waals surface area contributed by atoms with Gasteiger partial charge in [0.1, 0.15) is 12.4 Å². The molecule has 1 saturated carbocycles. The van der Waals surface area contributed by atoms with Gasteiger partial charge in [0, 0.05) is 33.9 Å². The summed E-state index contributed by atoms with van der Waals surface area (Å²) in [4.78, 5) is 4.75. The average Bonchev–Trinajstić information content (AvgIpc) is 2.65. The molecule has 2 N–H and O–H groups in total. The Labute approximate surface area is 163 Å². The van der Waals surface area contributed by atoms with Crippen LogP contribution in [0.3, 0.4) is 0 Å². The maximum atomic E-state index is 5.68. The van der Waals surface area contributed by atoms with Crippen molar-refractivity contribution >= 4 is 5.96 Å².